The molecule has 5 rings (SSSR count). The highest BCUT2D eigenvalue weighted by molar-refractivity contribution is 5.88. The summed E-state index contributed by atoms with van der Waals surface area (Å²) >= 11 is 0. The second-order valence-electron chi connectivity index (χ2n) is 8.28. The van der Waals surface area contributed by atoms with Crippen molar-refractivity contribution in [3.63, 3.8) is 0 Å². The zero-order valence-corrected chi connectivity index (χ0v) is 18.8. The zero-order valence-electron chi connectivity index (χ0n) is 18.8. The number of nitrogens with one attached hydrogen (secondary N) is 1. The number of aryl methyl sites for hydroxylation is 1. The molecule has 6 heteroatoms. The molecule has 0 spiro atoms. The predicted molar refractivity (Wildman–Crippen MR) is 133 cm³/mol. The normalized spacial score (nSPS) is 11.9. The number of hydrogen-bond acceptors (Lipinski definition) is 5. The van der Waals surface area contributed by atoms with Crippen LogP contribution in [0.5, 0.6) is 0 Å². The molecular formula is C28H23N3O3. The molecule has 0 amide bonds. The van der Waals surface area contributed by atoms with Crippen molar-refractivity contribution in [1.82, 2.24) is 10.1 Å². The van der Waals surface area contributed by atoms with Gasteiger partial charge in [0, 0.05) is 16.9 Å². The van der Waals surface area contributed by atoms with E-state index in [2.05, 4.69) is 41.7 Å². The summed E-state index contributed by atoms with van der Waals surface area (Å²) in [5, 5.41) is 19.0. The van der Waals surface area contributed by atoms with E-state index >= 15 is 0 Å². The first kappa shape index (κ1) is 21.4. The second-order valence-corrected chi connectivity index (χ2v) is 8.28. The number of nitrogens with zero attached hydrogens (tertiary/aromatic N) is 2. The van der Waals surface area contributed by atoms with Gasteiger partial charge in [0.2, 0.25) is 11.7 Å². The SMILES string of the molecule is Cc1ccc(Nc2ccc(C(=O)O)cc2)cc1-c1noc(C(C)c2cccc3ccccc23)n1. The van der Waals surface area contributed by atoms with E-state index in [0.29, 0.717) is 11.7 Å². The fraction of sp³-hybridized carbons (Fsp3) is 0.107. The smallest absolute Gasteiger partial charge is 0.335 e. The molecule has 1 atom stereocenters. The molecule has 0 aliphatic carbocycles. The van der Waals surface area contributed by atoms with Crippen LogP contribution in [-0.4, -0.2) is 21.2 Å². The average Bonchev–Trinajstić information content (AvgIpc) is 3.35. The Kier molecular flexibility index (Phi) is 5.55. The van der Waals surface area contributed by atoms with E-state index < -0.39 is 5.97 Å². The Bertz CT molecular complexity index is 1480. The first-order chi connectivity index (χ1) is 16.5. The third-order valence-electron chi connectivity index (χ3n) is 6.00. The van der Waals surface area contributed by atoms with E-state index in [1.165, 1.54) is 10.8 Å². The molecule has 5 aromatic rings. The molecule has 0 fully saturated rings. The van der Waals surface area contributed by atoms with Gasteiger partial charge in [-0.3, -0.25) is 0 Å². The summed E-state index contributed by atoms with van der Waals surface area (Å²) in [4.78, 5) is 15.8. The number of benzene rings is 4. The number of anilines is 2. The van der Waals surface area contributed by atoms with Crippen LogP contribution in [0.2, 0.25) is 0 Å². The van der Waals surface area contributed by atoms with Gasteiger partial charge in [0.25, 0.3) is 0 Å². The Morgan fingerprint density at radius 3 is 2.47 bits per heavy atom. The lowest BCUT2D eigenvalue weighted by molar-refractivity contribution is 0.0697. The van der Waals surface area contributed by atoms with Crippen LogP contribution >= 0.6 is 0 Å². The molecule has 1 aromatic heterocycles. The third kappa shape index (κ3) is 4.13. The Labute approximate surface area is 196 Å². The molecule has 0 saturated heterocycles. The summed E-state index contributed by atoms with van der Waals surface area (Å²) in [7, 11) is 0. The van der Waals surface area contributed by atoms with Crippen LogP contribution in [0.4, 0.5) is 11.4 Å². The number of hydrogen-bond donors (Lipinski definition) is 2. The van der Waals surface area contributed by atoms with Gasteiger partial charge in [-0.2, -0.15) is 4.98 Å². The van der Waals surface area contributed by atoms with E-state index in [9.17, 15) is 4.79 Å². The minimum atomic E-state index is -0.949. The Morgan fingerprint density at radius 2 is 1.68 bits per heavy atom. The Balaban J connectivity index is 1.42. The molecule has 6 nitrogen and oxygen atoms in total. The van der Waals surface area contributed by atoms with E-state index in [1.54, 1.807) is 24.3 Å². The maximum absolute atomic E-state index is 11.1. The first-order valence-electron chi connectivity index (χ1n) is 11.0. The van der Waals surface area contributed by atoms with Gasteiger partial charge in [-0.25, -0.2) is 4.79 Å². The number of fused-ring (bicyclic) bond motifs is 1. The quantitative estimate of drug-likeness (QED) is 0.297. The summed E-state index contributed by atoms with van der Waals surface area (Å²) in [6.07, 6.45) is 0. The number of aromatic nitrogens is 2. The number of rotatable bonds is 6. The predicted octanol–water partition coefficient (Wildman–Crippen LogP) is 6.79. The van der Waals surface area contributed by atoms with E-state index in [1.807, 2.05) is 43.3 Å². The number of carboxylic acids is 1. The molecule has 4 aromatic carbocycles. The van der Waals surface area contributed by atoms with E-state index in [-0.39, 0.29) is 11.5 Å². The molecule has 1 heterocycles. The molecule has 0 radical (unpaired) electrons. The molecule has 34 heavy (non-hydrogen) atoms. The number of carboxylic acid groups (broad SMARTS) is 1. The lowest BCUT2D eigenvalue weighted by Gasteiger charge is -2.11. The summed E-state index contributed by atoms with van der Waals surface area (Å²) < 4.78 is 5.70. The maximum atomic E-state index is 11.1. The van der Waals surface area contributed by atoms with Crippen molar-refractivity contribution < 1.29 is 14.4 Å². The van der Waals surface area contributed by atoms with E-state index in [0.717, 1.165) is 28.1 Å². The van der Waals surface area contributed by atoms with Crippen molar-refractivity contribution in [3.8, 4) is 11.4 Å². The van der Waals surface area contributed by atoms with Crippen LogP contribution in [0.3, 0.4) is 0 Å². The molecule has 1 unspecified atom stereocenters. The highest BCUT2D eigenvalue weighted by Crippen LogP contribution is 2.32. The van der Waals surface area contributed by atoms with Gasteiger partial charge in [-0.05, 0) is 72.1 Å². The number of carbonyl (C=O) groups is 1. The molecule has 0 aliphatic heterocycles. The third-order valence-corrected chi connectivity index (χ3v) is 6.00. The van der Waals surface area contributed by atoms with Crippen molar-refractivity contribution in [2.24, 2.45) is 0 Å². The fourth-order valence-electron chi connectivity index (χ4n) is 4.09. The van der Waals surface area contributed by atoms with Crippen molar-refractivity contribution in [1.29, 1.82) is 0 Å². The molecule has 2 N–H and O–H groups in total. The largest absolute Gasteiger partial charge is 0.478 e. The van der Waals surface area contributed by atoms with Crippen LogP contribution in [-0.2, 0) is 0 Å². The minimum absolute atomic E-state index is 0.0540. The van der Waals surface area contributed by atoms with Gasteiger partial charge in [0.15, 0.2) is 0 Å². The Morgan fingerprint density at radius 1 is 0.941 bits per heavy atom. The van der Waals surface area contributed by atoms with Crippen molar-refractivity contribution >= 4 is 28.1 Å². The second kappa shape index (κ2) is 8.83. The molecular weight excluding hydrogens is 426 g/mol. The summed E-state index contributed by atoms with van der Waals surface area (Å²) in [6, 6.07) is 27.1. The van der Waals surface area contributed by atoms with Crippen molar-refractivity contribution in [2.45, 2.75) is 19.8 Å². The molecule has 0 bridgehead atoms. The van der Waals surface area contributed by atoms with Crippen molar-refractivity contribution in [3.05, 3.63) is 108 Å². The first-order valence-corrected chi connectivity index (χ1v) is 11.0. The molecule has 0 aliphatic rings. The van der Waals surface area contributed by atoms with Gasteiger partial charge in [0.05, 0.1) is 11.5 Å². The lowest BCUT2D eigenvalue weighted by atomic mass is 9.95. The van der Waals surface area contributed by atoms with Gasteiger partial charge < -0.3 is 14.9 Å². The minimum Gasteiger partial charge on any atom is -0.478 e. The van der Waals surface area contributed by atoms with Crippen LogP contribution < -0.4 is 5.32 Å². The van der Waals surface area contributed by atoms with E-state index in [4.69, 9.17) is 14.6 Å². The zero-order chi connectivity index (χ0) is 23.7. The monoisotopic (exact) mass is 449 g/mol. The van der Waals surface area contributed by atoms with Crippen molar-refractivity contribution in [2.75, 3.05) is 5.32 Å². The standard InChI is InChI=1S/C28H23N3O3/c1-17-10-13-22(29-21-14-11-20(12-15-21)28(32)33)16-25(17)26-30-27(34-31-26)18(2)23-9-5-7-19-6-3-4-8-24(19)23/h3-16,18,29H,1-2H3,(H,32,33). The van der Waals surface area contributed by atoms with Gasteiger partial charge >= 0.3 is 5.97 Å². The highest BCUT2D eigenvalue weighted by atomic mass is 16.5. The van der Waals surface area contributed by atoms with Gasteiger partial charge in [-0.15, -0.1) is 0 Å². The van der Waals surface area contributed by atoms with Gasteiger partial charge in [0.1, 0.15) is 0 Å². The van der Waals surface area contributed by atoms with Crippen LogP contribution in [0.15, 0.2) is 89.5 Å². The van der Waals surface area contributed by atoms with Crippen LogP contribution in [0.1, 0.15) is 40.2 Å². The summed E-state index contributed by atoms with van der Waals surface area (Å²) in [5.74, 6) is 0.0920. The number of aromatic carboxylic acids is 1. The van der Waals surface area contributed by atoms with Crippen LogP contribution in [0.25, 0.3) is 22.2 Å². The lowest BCUT2D eigenvalue weighted by Crippen LogP contribution is -1.98. The molecule has 168 valence electrons. The topological polar surface area (TPSA) is 88.2 Å². The highest BCUT2D eigenvalue weighted by Gasteiger charge is 2.20. The maximum Gasteiger partial charge on any atom is 0.335 e. The van der Waals surface area contributed by atoms with Gasteiger partial charge in [-0.1, -0.05) is 53.7 Å². The molecule has 0 saturated carbocycles. The Hall–Kier alpha value is -4.45. The summed E-state index contributed by atoms with van der Waals surface area (Å²) in [6.45, 7) is 4.08. The van der Waals surface area contributed by atoms with Crippen LogP contribution in [0, 0.1) is 6.92 Å². The fourth-order valence-corrected chi connectivity index (χ4v) is 4.09. The summed E-state index contributed by atoms with van der Waals surface area (Å²) in [5.41, 5.74) is 4.92. The average molecular weight is 450 g/mol.